The number of rotatable bonds is 7. The first-order valence-corrected chi connectivity index (χ1v) is 8.54. The Balaban J connectivity index is 1.72. The fraction of sp³-hybridized carbons (Fsp3) is 0.278. The summed E-state index contributed by atoms with van der Waals surface area (Å²) in [4.78, 5) is 8.60. The van der Waals surface area contributed by atoms with Gasteiger partial charge in [-0.3, -0.25) is 5.10 Å². The van der Waals surface area contributed by atoms with Crippen LogP contribution in [0, 0.1) is 5.82 Å². The van der Waals surface area contributed by atoms with Gasteiger partial charge in [-0.2, -0.15) is 4.98 Å². The third-order valence-corrected chi connectivity index (χ3v) is 3.70. The normalized spacial score (nSPS) is 12.0. The lowest BCUT2D eigenvalue weighted by molar-refractivity contribution is 0.232. The molecule has 27 heavy (non-hydrogen) atoms. The summed E-state index contributed by atoms with van der Waals surface area (Å²) in [6.45, 7) is 5.78. The third kappa shape index (κ3) is 4.84. The molecule has 0 saturated heterocycles. The Morgan fingerprint density at radius 2 is 1.93 bits per heavy atom. The monoisotopic (exact) mass is 371 g/mol. The van der Waals surface area contributed by atoms with Gasteiger partial charge in [-0.25, -0.2) is 9.37 Å². The second kappa shape index (κ2) is 7.90. The number of ether oxygens (including phenoxy) is 1. The second-order valence-corrected chi connectivity index (χ2v) is 6.33. The number of hydrogen-bond donors (Lipinski definition) is 4. The van der Waals surface area contributed by atoms with E-state index in [9.17, 15) is 4.39 Å². The summed E-state index contributed by atoms with van der Waals surface area (Å²) < 4.78 is 18.6. The molecule has 0 spiro atoms. The van der Waals surface area contributed by atoms with Crippen LogP contribution in [0.3, 0.4) is 0 Å². The Morgan fingerprint density at radius 1 is 1.19 bits per heavy atom. The van der Waals surface area contributed by atoms with Crippen LogP contribution < -0.4 is 21.1 Å². The van der Waals surface area contributed by atoms with Crippen molar-refractivity contribution in [3.8, 4) is 5.88 Å². The molecule has 0 radical (unpaired) electrons. The highest BCUT2D eigenvalue weighted by Gasteiger charge is 2.11. The number of nitrogens with zero attached hydrogens (tertiary/aromatic N) is 3. The summed E-state index contributed by atoms with van der Waals surface area (Å²) in [6, 6.07) is 7.86. The predicted molar refractivity (Wildman–Crippen MR) is 103 cm³/mol. The molecule has 1 atom stereocenters. The van der Waals surface area contributed by atoms with E-state index >= 15 is 0 Å². The maximum atomic E-state index is 13.1. The molecule has 5 N–H and O–H groups in total. The number of anilines is 4. The molecule has 142 valence electrons. The lowest BCUT2D eigenvalue weighted by Crippen LogP contribution is -2.11. The second-order valence-electron chi connectivity index (χ2n) is 6.33. The molecule has 0 amide bonds. The molecule has 3 aromatic rings. The number of H-pyrrole nitrogens is 1. The first kappa shape index (κ1) is 18.4. The van der Waals surface area contributed by atoms with Crippen LogP contribution in [0.1, 0.15) is 32.4 Å². The maximum absolute atomic E-state index is 13.1. The fourth-order valence-corrected chi connectivity index (χ4v) is 2.39. The molecule has 0 aliphatic carbocycles. The smallest absolute Gasteiger partial charge is 0.234 e. The molecule has 2 aromatic heterocycles. The van der Waals surface area contributed by atoms with Crippen LogP contribution in [0.15, 0.2) is 36.5 Å². The summed E-state index contributed by atoms with van der Waals surface area (Å²) in [5.74, 6) is 1.61. The Labute approximate surface area is 156 Å². The first-order chi connectivity index (χ1) is 12.9. The van der Waals surface area contributed by atoms with Crippen LogP contribution in [0.4, 0.5) is 27.7 Å². The zero-order chi connectivity index (χ0) is 19.4. The summed E-state index contributed by atoms with van der Waals surface area (Å²) in [5.41, 5.74) is 7.26. The van der Waals surface area contributed by atoms with Gasteiger partial charge in [0.25, 0.3) is 0 Å². The topological polar surface area (TPSA) is 114 Å². The van der Waals surface area contributed by atoms with Crippen molar-refractivity contribution in [2.45, 2.75) is 32.9 Å². The zero-order valence-electron chi connectivity index (χ0n) is 15.3. The van der Waals surface area contributed by atoms with Crippen LogP contribution in [0.2, 0.25) is 0 Å². The molecule has 0 bridgehead atoms. The minimum absolute atomic E-state index is 0.0222. The van der Waals surface area contributed by atoms with Gasteiger partial charge in [0.15, 0.2) is 5.82 Å². The van der Waals surface area contributed by atoms with Gasteiger partial charge in [0.2, 0.25) is 11.8 Å². The molecule has 2 heterocycles. The van der Waals surface area contributed by atoms with Crippen molar-refractivity contribution in [1.82, 2.24) is 20.2 Å². The average molecular weight is 371 g/mol. The zero-order valence-corrected chi connectivity index (χ0v) is 15.3. The van der Waals surface area contributed by atoms with Crippen LogP contribution in [0.25, 0.3) is 0 Å². The molecule has 8 nitrogen and oxygen atoms in total. The molecule has 9 heteroatoms. The summed E-state index contributed by atoms with van der Waals surface area (Å²) >= 11 is 0. The molecule has 0 unspecified atom stereocenters. The number of aromatic nitrogens is 4. The van der Waals surface area contributed by atoms with E-state index in [0.29, 0.717) is 29.2 Å². The molecule has 0 aliphatic rings. The number of hydrogen-bond acceptors (Lipinski definition) is 7. The van der Waals surface area contributed by atoms with Crippen LogP contribution in [0.5, 0.6) is 5.88 Å². The van der Waals surface area contributed by atoms with Crippen LogP contribution >= 0.6 is 0 Å². The van der Waals surface area contributed by atoms with E-state index in [1.165, 1.54) is 18.3 Å². The lowest BCUT2D eigenvalue weighted by atomic mass is 10.1. The van der Waals surface area contributed by atoms with E-state index in [4.69, 9.17) is 10.5 Å². The van der Waals surface area contributed by atoms with Crippen molar-refractivity contribution in [2.75, 3.05) is 16.4 Å². The highest BCUT2D eigenvalue weighted by atomic mass is 19.1. The number of nitrogen functional groups attached to an aromatic ring is 1. The molecular formula is C18H22FN7O. The van der Waals surface area contributed by atoms with E-state index in [2.05, 4.69) is 30.8 Å². The van der Waals surface area contributed by atoms with Crippen molar-refractivity contribution < 1.29 is 9.13 Å². The molecule has 0 fully saturated rings. The van der Waals surface area contributed by atoms with Gasteiger partial charge in [-0.1, -0.05) is 12.1 Å². The van der Waals surface area contributed by atoms with Crippen LogP contribution in [-0.2, 0) is 0 Å². The number of nitrogens with one attached hydrogen (secondary N) is 3. The average Bonchev–Trinajstić information content (AvgIpc) is 3.04. The molecule has 0 saturated carbocycles. The van der Waals surface area contributed by atoms with Crippen molar-refractivity contribution in [2.24, 2.45) is 0 Å². The van der Waals surface area contributed by atoms with Gasteiger partial charge in [-0.05, 0) is 38.5 Å². The van der Waals surface area contributed by atoms with Crippen molar-refractivity contribution in [3.05, 3.63) is 47.9 Å². The number of benzene rings is 1. The van der Waals surface area contributed by atoms with Gasteiger partial charge < -0.3 is 21.1 Å². The molecular weight excluding hydrogens is 349 g/mol. The Bertz CT molecular complexity index is 895. The first-order valence-electron chi connectivity index (χ1n) is 8.54. The Kier molecular flexibility index (Phi) is 5.39. The highest BCUT2D eigenvalue weighted by Crippen LogP contribution is 2.24. The summed E-state index contributed by atoms with van der Waals surface area (Å²) in [7, 11) is 0. The molecule has 0 aliphatic heterocycles. The predicted octanol–water partition coefficient (Wildman–Crippen LogP) is 3.62. The van der Waals surface area contributed by atoms with Gasteiger partial charge in [-0.15, -0.1) is 5.10 Å². The standard InChI is InChI=1S/C18H22FN7O/c1-10(2)27-16-8-15(25-26-16)23-17-14(20)9-21-18(24-17)22-11(3)12-4-6-13(19)7-5-12/h4-11H,20H2,1-3H3,(H3,21,22,23,24,25,26)/t11-/m0/s1. The quantitative estimate of drug-likeness (QED) is 0.501. The minimum Gasteiger partial charge on any atom is -0.474 e. The maximum Gasteiger partial charge on any atom is 0.234 e. The number of nitrogens with two attached hydrogens (primary N) is 1. The molecule has 3 rings (SSSR count). The lowest BCUT2D eigenvalue weighted by Gasteiger charge is -2.15. The number of halogens is 1. The fourth-order valence-electron chi connectivity index (χ4n) is 2.39. The van der Waals surface area contributed by atoms with Gasteiger partial charge in [0.1, 0.15) is 11.6 Å². The molecule has 1 aromatic carbocycles. The van der Waals surface area contributed by atoms with Gasteiger partial charge in [0.05, 0.1) is 24.0 Å². The van der Waals surface area contributed by atoms with E-state index in [0.717, 1.165) is 5.56 Å². The van der Waals surface area contributed by atoms with Gasteiger partial charge in [0, 0.05) is 6.07 Å². The third-order valence-electron chi connectivity index (χ3n) is 3.70. The summed E-state index contributed by atoms with van der Waals surface area (Å²) in [5, 5.41) is 13.1. The van der Waals surface area contributed by atoms with E-state index in [1.807, 2.05) is 20.8 Å². The van der Waals surface area contributed by atoms with E-state index in [-0.39, 0.29) is 18.0 Å². The van der Waals surface area contributed by atoms with E-state index in [1.54, 1.807) is 18.2 Å². The van der Waals surface area contributed by atoms with Crippen molar-refractivity contribution >= 4 is 23.3 Å². The van der Waals surface area contributed by atoms with Crippen LogP contribution in [-0.4, -0.2) is 26.3 Å². The summed E-state index contributed by atoms with van der Waals surface area (Å²) in [6.07, 6.45) is 1.53. The highest BCUT2D eigenvalue weighted by molar-refractivity contribution is 5.67. The van der Waals surface area contributed by atoms with Crippen molar-refractivity contribution in [1.29, 1.82) is 0 Å². The van der Waals surface area contributed by atoms with Gasteiger partial charge >= 0.3 is 0 Å². The van der Waals surface area contributed by atoms with Crippen molar-refractivity contribution in [3.63, 3.8) is 0 Å². The Morgan fingerprint density at radius 3 is 2.63 bits per heavy atom. The number of aromatic amines is 1. The Hall–Kier alpha value is -3.36. The SMILES string of the molecule is CC(C)Oc1cc(Nc2nc(N[C@@H](C)c3ccc(F)cc3)ncc2N)[nH]n1. The largest absolute Gasteiger partial charge is 0.474 e. The minimum atomic E-state index is -0.276. The van der Waals surface area contributed by atoms with E-state index < -0.39 is 0 Å².